The molecule has 5 amide bonds. The SMILES string of the molecule is C.O=C(CCN1C(=O)C=CC1=O)NCCNC(=O)CN(CCOCCCO)C(=O)COCCCO. The van der Waals surface area contributed by atoms with Crippen molar-refractivity contribution in [1.82, 2.24) is 20.4 Å². The highest BCUT2D eigenvalue weighted by molar-refractivity contribution is 6.13. The van der Waals surface area contributed by atoms with Crippen LogP contribution in [-0.4, -0.2) is 122 Å². The molecular formula is C22H38N4O9. The Labute approximate surface area is 205 Å². The van der Waals surface area contributed by atoms with Crippen LogP contribution in [0.15, 0.2) is 12.2 Å². The lowest BCUT2D eigenvalue weighted by Gasteiger charge is -2.22. The van der Waals surface area contributed by atoms with Gasteiger partial charge in [0.1, 0.15) is 6.61 Å². The highest BCUT2D eigenvalue weighted by atomic mass is 16.5. The molecule has 0 aromatic heterocycles. The van der Waals surface area contributed by atoms with Crippen molar-refractivity contribution in [2.75, 3.05) is 72.4 Å². The zero-order chi connectivity index (χ0) is 25.2. The minimum atomic E-state index is -0.457. The van der Waals surface area contributed by atoms with E-state index >= 15 is 0 Å². The number of aliphatic hydroxyl groups is 2. The summed E-state index contributed by atoms with van der Waals surface area (Å²) in [6, 6.07) is 0. The first-order valence-corrected chi connectivity index (χ1v) is 11.1. The number of hydrogen-bond acceptors (Lipinski definition) is 9. The molecule has 0 bridgehead atoms. The van der Waals surface area contributed by atoms with Crippen LogP contribution in [-0.2, 0) is 33.4 Å². The Morgan fingerprint density at radius 2 is 1.46 bits per heavy atom. The van der Waals surface area contributed by atoms with E-state index in [4.69, 9.17) is 19.7 Å². The van der Waals surface area contributed by atoms with Crippen molar-refractivity contribution in [2.45, 2.75) is 26.7 Å². The third-order valence-electron chi connectivity index (χ3n) is 4.54. The Hall–Kier alpha value is -2.87. The Morgan fingerprint density at radius 3 is 2.06 bits per heavy atom. The van der Waals surface area contributed by atoms with E-state index in [1.807, 2.05) is 0 Å². The van der Waals surface area contributed by atoms with Gasteiger partial charge in [-0.1, -0.05) is 7.43 Å². The maximum Gasteiger partial charge on any atom is 0.253 e. The topological polar surface area (TPSA) is 175 Å². The molecule has 4 N–H and O–H groups in total. The molecule has 0 aromatic rings. The molecule has 0 saturated carbocycles. The molecule has 200 valence electrons. The molecule has 0 aromatic carbocycles. The van der Waals surface area contributed by atoms with Crippen LogP contribution < -0.4 is 10.6 Å². The monoisotopic (exact) mass is 502 g/mol. The van der Waals surface area contributed by atoms with E-state index in [1.54, 1.807) is 0 Å². The summed E-state index contributed by atoms with van der Waals surface area (Å²) in [6.07, 6.45) is 3.10. The van der Waals surface area contributed by atoms with Crippen molar-refractivity contribution < 1.29 is 43.7 Å². The molecule has 13 heteroatoms. The smallest absolute Gasteiger partial charge is 0.253 e. The largest absolute Gasteiger partial charge is 0.396 e. The first-order valence-electron chi connectivity index (χ1n) is 11.1. The summed E-state index contributed by atoms with van der Waals surface area (Å²) in [5, 5.41) is 22.7. The van der Waals surface area contributed by atoms with Crippen molar-refractivity contribution in [2.24, 2.45) is 0 Å². The number of nitrogens with one attached hydrogen (secondary N) is 2. The molecule has 35 heavy (non-hydrogen) atoms. The fraction of sp³-hybridized carbons (Fsp3) is 0.682. The van der Waals surface area contributed by atoms with Crippen LogP contribution in [0.4, 0.5) is 0 Å². The molecule has 13 nitrogen and oxygen atoms in total. The van der Waals surface area contributed by atoms with Gasteiger partial charge < -0.3 is 35.2 Å². The van der Waals surface area contributed by atoms with Gasteiger partial charge in [0, 0.05) is 71.2 Å². The van der Waals surface area contributed by atoms with Crippen LogP contribution in [0.1, 0.15) is 26.7 Å². The number of carbonyl (C=O) groups excluding carboxylic acids is 5. The van der Waals surface area contributed by atoms with Gasteiger partial charge in [-0.2, -0.15) is 0 Å². The first kappa shape index (κ1) is 32.1. The lowest BCUT2D eigenvalue weighted by Crippen LogP contribution is -2.45. The van der Waals surface area contributed by atoms with E-state index in [9.17, 15) is 24.0 Å². The zero-order valence-electron chi connectivity index (χ0n) is 19.2. The lowest BCUT2D eigenvalue weighted by molar-refractivity contribution is -0.140. The summed E-state index contributed by atoms with van der Waals surface area (Å²) in [4.78, 5) is 61.6. The van der Waals surface area contributed by atoms with Gasteiger partial charge in [-0.05, 0) is 12.8 Å². The first-order chi connectivity index (χ1) is 16.4. The molecule has 0 spiro atoms. The highest BCUT2D eigenvalue weighted by Gasteiger charge is 2.23. The van der Waals surface area contributed by atoms with Gasteiger partial charge in [0.15, 0.2) is 0 Å². The van der Waals surface area contributed by atoms with Crippen LogP contribution >= 0.6 is 0 Å². The second-order valence-corrected chi connectivity index (χ2v) is 7.25. The summed E-state index contributed by atoms with van der Waals surface area (Å²) in [7, 11) is 0. The molecule has 0 aliphatic carbocycles. The van der Waals surface area contributed by atoms with Crippen LogP contribution in [0, 0.1) is 0 Å². The van der Waals surface area contributed by atoms with Gasteiger partial charge in [-0.3, -0.25) is 28.9 Å². The quantitative estimate of drug-likeness (QED) is 0.113. The number of ether oxygens (including phenoxy) is 2. The van der Waals surface area contributed by atoms with Crippen molar-refractivity contribution >= 4 is 29.5 Å². The Morgan fingerprint density at radius 1 is 0.886 bits per heavy atom. The average molecular weight is 503 g/mol. The molecule has 0 fully saturated rings. The fourth-order valence-electron chi connectivity index (χ4n) is 2.74. The van der Waals surface area contributed by atoms with Crippen LogP contribution in [0.2, 0.25) is 0 Å². The van der Waals surface area contributed by atoms with E-state index in [2.05, 4.69) is 10.6 Å². The molecule has 1 aliphatic rings. The predicted octanol–water partition coefficient (Wildman–Crippen LogP) is -2.20. The molecule has 0 unspecified atom stereocenters. The molecule has 0 saturated heterocycles. The van der Waals surface area contributed by atoms with Gasteiger partial charge in [0.25, 0.3) is 11.8 Å². The highest BCUT2D eigenvalue weighted by Crippen LogP contribution is 2.03. The molecule has 1 heterocycles. The van der Waals surface area contributed by atoms with Gasteiger partial charge in [-0.25, -0.2) is 0 Å². The number of amides is 5. The molecular weight excluding hydrogens is 464 g/mol. The number of nitrogens with zero attached hydrogens (tertiary/aromatic N) is 2. The second kappa shape index (κ2) is 19.4. The van der Waals surface area contributed by atoms with Gasteiger partial charge in [0.05, 0.1) is 13.2 Å². The average Bonchev–Trinajstić information content (AvgIpc) is 3.14. The summed E-state index contributed by atoms with van der Waals surface area (Å²) >= 11 is 0. The van der Waals surface area contributed by atoms with Crippen molar-refractivity contribution in [3.8, 4) is 0 Å². The van der Waals surface area contributed by atoms with E-state index in [1.165, 1.54) is 4.90 Å². The van der Waals surface area contributed by atoms with E-state index in [0.717, 1.165) is 17.1 Å². The molecule has 0 atom stereocenters. The molecule has 1 rings (SSSR count). The van der Waals surface area contributed by atoms with Crippen LogP contribution in [0.25, 0.3) is 0 Å². The predicted molar refractivity (Wildman–Crippen MR) is 125 cm³/mol. The van der Waals surface area contributed by atoms with E-state index in [-0.39, 0.29) is 85.5 Å². The van der Waals surface area contributed by atoms with Gasteiger partial charge in [-0.15, -0.1) is 0 Å². The Bertz CT molecular complexity index is 697. The van der Waals surface area contributed by atoms with Crippen molar-refractivity contribution in [3.63, 3.8) is 0 Å². The molecule has 0 radical (unpaired) electrons. The summed E-state index contributed by atoms with van der Waals surface area (Å²) in [5.74, 6) is -2.14. The Kier molecular flexibility index (Phi) is 17.8. The van der Waals surface area contributed by atoms with Crippen LogP contribution in [0.3, 0.4) is 0 Å². The number of carbonyl (C=O) groups is 5. The van der Waals surface area contributed by atoms with Crippen molar-refractivity contribution in [3.05, 3.63) is 12.2 Å². The van der Waals surface area contributed by atoms with Gasteiger partial charge in [0.2, 0.25) is 17.7 Å². The van der Waals surface area contributed by atoms with Crippen LogP contribution in [0.5, 0.6) is 0 Å². The summed E-state index contributed by atoms with van der Waals surface area (Å²) < 4.78 is 10.5. The lowest BCUT2D eigenvalue weighted by atomic mass is 10.3. The summed E-state index contributed by atoms with van der Waals surface area (Å²) in [5.41, 5.74) is 0. The third-order valence-corrected chi connectivity index (χ3v) is 4.54. The Balaban J connectivity index is 0.0000116. The van der Waals surface area contributed by atoms with E-state index < -0.39 is 23.6 Å². The summed E-state index contributed by atoms with van der Waals surface area (Å²) in [6.45, 7) is 0.573. The number of rotatable bonds is 19. The van der Waals surface area contributed by atoms with Crippen molar-refractivity contribution in [1.29, 1.82) is 0 Å². The minimum absolute atomic E-state index is 0. The van der Waals surface area contributed by atoms with Gasteiger partial charge >= 0.3 is 0 Å². The number of hydrogen-bond donors (Lipinski definition) is 4. The molecule has 1 aliphatic heterocycles. The normalized spacial score (nSPS) is 12.5. The number of imide groups is 1. The third kappa shape index (κ3) is 14.2. The maximum absolute atomic E-state index is 12.4. The maximum atomic E-state index is 12.4. The van der Waals surface area contributed by atoms with E-state index in [0.29, 0.717) is 19.4 Å². The zero-order valence-corrected chi connectivity index (χ0v) is 19.2. The fourth-order valence-corrected chi connectivity index (χ4v) is 2.74. The minimum Gasteiger partial charge on any atom is -0.396 e. The number of aliphatic hydroxyl groups excluding tert-OH is 2. The standard InChI is InChI=1S/C21H34N4O9.CH4/c26-10-1-12-33-14-9-24(21(32)16-34-13-2-11-27)15-18(29)23-7-6-22-17(28)5-8-25-19(30)3-4-20(25)31;/h3-4,26-27H,1-2,5-16H2,(H,22,28)(H,23,29);1H4. The second-order valence-electron chi connectivity index (χ2n) is 7.25.